The topological polar surface area (TPSA) is 26.3 Å². The largest absolute Gasteiger partial charge is 0.456 e. The van der Waals surface area contributed by atoms with Crippen LogP contribution in [-0.2, 0) is 9.53 Å². The summed E-state index contributed by atoms with van der Waals surface area (Å²) in [5, 5.41) is 0. The first-order chi connectivity index (χ1) is 10.7. The number of carbonyl (C=O) groups is 1. The van der Waals surface area contributed by atoms with Crippen LogP contribution in [0.25, 0.3) is 0 Å². The molecular weight excluding hydrogens is 305 g/mol. The highest BCUT2D eigenvalue weighted by Crippen LogP contribution is 2.31. The van der Waals surface area contributed by atoms with Crippen LogP contribution in [-0.4, -0.2) is 18.8 Å². The van der Waals surface area contributed by atoms with Gasteiger partial charge >= 0.3 is 12.1 Å². The molecule has 0 spiro atoms. The lowest BCUT2D eigenvalue weighted by Crippen LogP contribution is -2.30. The Morgan fingerprint density at radius 1 is 1.17 bits per heavy atom. The van der Waals surface area contributed by atoms with E-state index < -0.39 is 24.2 Å². The molecule has 0 saturated carbocycles. The molecule has 0 saturated heterocycles. The highest BCUT2D eigenvalue weighted by molar-refractivity contribution is 5.75. The molecule has 1 aromatic rings. The van der Waals surface area contributed by atoms with Gasteiger partial charge in [0.2, 0.25) is 0 Å². The first kappa shape index (κ1) is 19.5. The van der Waals surface area contributed by atoms with E-state index in [9.17, 15) is 18.0 Å². The summed E-state index contributed by atoms with van der Waals surface area (Å²) in [6, 6.07) is 10.1. The van der Waals surface area contributed by atoms with Gasteiger partial charge in [-0.15, -0.1) is 0 Å². The third kappa shape index (κ3) is 7.06. The molecule has 0 amide bonds. The van der Waals surface area contributed by atoms with E-state index in [-0.39, 0.29) is 0 Å². The number of halogens is 3. The van der Waals surface area contributed by atoms with Gasteiger partial charge in [-0.3, -0.25) is 4.79 Å². The Balaban J connectivity index is 2.47. The second-order valence-electron chi connectivity index (χ2n) is 6.48. The van der Waals surface area contributed by atoms with Crippen LogP contribution in [0.4, 0.5) is 13.2 Å². The zero-order valence-corrected chi connectivity index (χ0v) is 14.0. The smallest absolute Gasteiger partial charge is 0.422 e. The van der Waals surface area contributed by atoms with Crippen molar-refractivity contribution < 1.29 is 22.7 Å². The first-order valence-corrected chi connectivity index (χ1v) is 7.94. The van der Waals surface area contributed by atoms with Crippen molar-refractivity contribution in [2.24, 2.45) is 5.41 Å². The van der Waals surface area contributed by atoms with Gasteiger partial charge in [0.05, 0.1) is 5.41 Å². The third-order valence-corrected chi connectivity index (χ3v) is 4.04. The Hall–Kier alpha value is -1.52. The van der Waals surface area contributed by atoms with Crippen molar-refractivity contribution in [1.29, 1.82) is 0 Å². The van der Waals surface area contributed by atoms with Gasteiger partial charge in [0.25, 0.3) is 0 Å². The van der Waals surface area contributed by atoms with Gasteiger partial charge in [-0.25, -0.2) is 0 Å². The molecule has 1 unspecified atom stereocenters. The summed E-state index contributed by atoms with van der Waals surface area (Å²) in [7, 11) is 0. The highest BCUT2D eigenvalue weighted by Gasteiger charge is 2.34. The Kier molecular flexibility index (Phi) is 7.10. The fraction of sp³-hybridized carbons (Fsp3) is 0.611. The van der Waals surface area contributed by atoms with Crippen molar-refractivity contribution in [2.75, 3.05) is 6.61 Å². The number of hydrogen-bond acceptors (Lipinski definition) is 2. The molecule has 0 aliphatic rings. The summed E-state index contributed by atoms with van der Waals surface area (Å²) in [6.07, 6.45) is -1.32. The molecule has 0 N–H and O–H groups in total. The molecule has 23 heavy (non-hydrogen) atoms. The summed E-state index contributed by atoms with van der Waals surface area (Å²) in [5.41, 5.74) is 0.354. The van der Waals surface area contributed by atoms with Crippen molar-refractivity contribution in [3.05, 3.63) is 35.9 Å². The minimum Gasteiger partial charge on any atom is -0.456 e. The van der Waals surface area contributed by atoms with E-state index in [0.29, 0.717) is 12.3 Å². The second kappa shape index (κ2) is 8.37. The predicted octanol–water partition coefficient (Wildman–Crippen LogP) is 5.48. The third-order valence-electron chi connectivity index (χ3n) is 4.04. The maximum Gasteiger partial charge on any atom is 0.422 e. The molecule has 5 heteroatoms. The van der Waals surface area contributed by atoms with Crippen LogP contribution >= 0.6 is 0 Å². The molecule has 0 bridgehead atoms. The summed E-state index contributed by atoms with van der Waals surface area (Å²) in [5.74, 6) is -0.388. The SMILES string of the molecule is CCC(CCCC(C)(C)C(=O)OCC(F)(F)F)c1ccccc1. The lowest BCUT2D eigenvalue weighted by Gasteiger charge is -2.24. The number of carbonyl (C=O) groups excluding carboxylic acids is 1. The van der Waals surface area contributed by atoms with Gasteiger partial charge in [-0.1, -0.05) is 43.7 Å². The Bertz CT molecular complexity index is 481. The van der Waals surface area contributed by atoms with Crippen molar-refractivity contribution in [3.8, 4) is 0 Å². The molecule has 1 atom stereocenters. The summed E-state index contributed by atoms with van der Waals surface area (Å²) >= 11 is 0. The average molecular weight is 330 g/mol. The van der Waals surface area contributed by atoms with E-state index in [0.717, 1.165) is 19.3 Å². The van der Waals surface area contributed by atoms with Crippen molar-refractivity contribution in [3.63, 3.8) is 0 Å². The fourth-order valence-corrected chi connectivity index (χ4v) is 2.57. The molecule has 0 aliphatic heterocycles. The standard InChI is InChI=1S/C18H25F3O2/c1-4-14(15-9-6-5-7-10-15)11-8-12-17(2,3)16(22)23-13-18(19,20)21/h5-7,9-10,14H,4,8,11-13H2,1-3H3. The minimum atomic E-state index is -4.48. The number of rotatable bonds is 8. The van der Waals surface area contributed by atoms with Crippen molar-refractivity contribution >= 4 is 5.97 Å². The molecule has 0 radical (unpaired) electrons. The van der Waals surface area contributed by atoms with E-state index in [1.807, 2.05) is 18.2 Å². The summed E-state index contributed by atoms with van der Waals surface area (Å²) in [6.45, 7) is 3.86. The van der Waals surface area contributed by atoms with Gasteiger partial charge in [-0.05, 0) is 44.6 Å². The monoisotopic (exact) mass is 330 g/mol. The van der Waals surface area contributed by atoms with Crippen LogP contribution in [0.1, 0.15) is 57.9 Å². The van der Waals surface area contributed by atoms with Gasteiger partial charge < -0.3 is 4.74 Å². The van der Waals surface area contributed by atoms with E-state index in [4.69, 9.17) is 0 Å². The van der Waals surface area contributed by atoms with Crippen molar-refractivity contribution in [1.82, 2.24) is 0 Å². The molecular formula is C18H25F3O2. The number of hydrogen-bond donors (Lipinski definition) is 0. The zero-order valence-electron chi connectivity index (χ0n) is 14.0. The lowest BCUT2D eigenvalue weighted by atomic mass is 9.84. The zero-order chi connectivity index (χ0) is 17.5. The highest BCUT2D eigenvalue weighted by atomic mass is 19.4. The van der Waals surface area contributed by atoms with Crippen LogP contribution in [0.2, 0.25) is 0 Å². The summed E-state index contributed by atoms with van der Waals surface area (Å²) in [4.78, 5) is 11.8. The first-order valence-electron chi connectivity index (χ1n) is 7.94. The Morgan fingerprint density at radius 2 is 1.78 bits per heavy atom. The van der Waals surface area contributed by atoms with Gasteiger partial charge in [-0.2, -0.15) is 13.2 Å². The maximum atomic E-state index is 12.1. The average Bonchev–Trinajstić information content (AvgIpc) is 2.49. The van der Waals surface area contributed by atoms with E-state index in [2.05, 4.69) is 23.8 Å². The molecule has 0 heterocycles. The molecule has 2 nitrogen and oxygen atoms in total. The molecule has 0 fully saturated rings. The van der Waals surface area contributed by atoms with Gasteiger partial charge in [0.15, 0.2) is 6.61 Å². The van der Waals surface area contributed by atoms with Crippen LogP contribution in [0.15, 0.2) is 30.3 Å². The maximum absolute atomic E-state index is 12.1. The molecule has 130 valence electrons. The number of benzene rings is 1. The summed E-state index contributed by atoms with van der Waals surface area (Å²) < 4.78 is 40.7. The molecule has 0 aliphatic carbocycles. The molecule has 1 aromatic carbocycles. The number of ether oxygens (including phenoxy) is 1. The number of esters is 1. The molecule has 1 rings (SSSR count). The van der Waals surface area contributed by atoms with Crippen molar-refractivity contribution in [2.45, 2.75) is 58.5 Å². The Labute approximate surface area is 136 Å². The van der Waals surface area contributed by atoms with E-state index >= 15 is 0 Å². The Morgan fingerprint density at radius 3 is 2.30 bits per heavy atom. The van der Waals surface area contributed by atoms with Crippen LogP contribution in [0.3, 0.4) is 0 Å². The fourth-order valence-electron chi connectivity index (χ4n) is 2.57. The molecule has 0 aromatic heterocycles. The van der Waals surface area contributed by atoms with Gasteiger partial charge in [0.1, 0.15) is 0 Å². The van der Waals surface area contributed by atoms with E-state index in [1.165, 1.54) is 5.56 Å². The normalized spacial score (nSPS) is 13.7. The van der Waals surface area contributed by atoms with E-state index in [1.54, 1.807) is 13.8 Å². The number of alkyl halides is 3. The van der Waals surface area contributed by atoms with Gasteiger partial charge in [0, 0.05) is 0 Å². The van der Waals surface area contributed by atoms with Crippen LogP contribution < -0.4 is 0 Å². The predicted molar refractivity (Wildman–Crippen MR) is 84.1 cm³/mol. The minimum absolute atomic E-state index is 0.401. The van der Waals surface area contributed by atoms with Crippen LogP contribution in [0.5, 0.6) is 0 Å². The quantitative estimate of drug-likeness (QED) is 0.590. The second-order valence-corrected chi connectivity index (χ2v) is 6.48. The van der Waals surface area contributed by atoms with Crippen LogP contribution in [0, 0.1) is 5.41 Å². The lowest BCUT2D eigenvalue weighted by molar-refractivity contribution is -0.192.